The standard InChI is InChI=1S/C20H21N7O2.C4H8O/c1-22-17-8-16(25-20-14(18(21)28)9-24-27(17)20)15-10-26(12-4-3-7-29-11-12)19-13(15)5-2-6-23-19;1-2-4-5-3-1/h2,5-6,8-10,12,22H,3-4,7,11H2,1H3,(H2,21,28);1-4H2. The predicted molar refractivity (Wildman–Crippen MR) is 129 cm³/mol. The first kappa shape index (κ1) is 22.3. The molecule has 4 aromatic rings. The number of nitrogens with zero attached hydrogens (tertiary/aromatic N) is 5. The van der Waals surface area contributed by atoms with Crippen LogP contribution < -0.4 is 11.1 Å². The van der Waals surface area contributed by atoms with Gasteiger partial charge >= 0.3 is 0 Å². The first-order chi connectivity index (χ1) is 16.7. The van der Waals surface area contributed by atoms with Gasteiger partial charge < -0.3 is 25.1 Å². The van der Waals surface area contributed by atoms with E-state index in [2.05, 4.69) is 26.2 Å². The smallest absolute Gasteiger partial charge is 0.254 e. The molecule has 10 nitrogen and oxygen atoms in total. The summed E-state index contributed by atoms with van der Waals surface area (Å²) in [5.41, 5.74) is 8.78. The quantitative estimate of drug-likeness (QED) is 0.477. The Bertz CT molecular complexity index is 1300. The second-order valence-corrected chi connectivity index (χ2v) is 8.45. The van der Waals surface area contributed by atoms with Gasteiger partial charge in [0.05, 0.1) is 24.5 Å². The SMILES string of the molecule is C1CCOC1.CNc1cc(-c2cn(C3CCCOC3)c3ncccc23)nc2c(C(N)=O)cnn12. The molecule has 178 valence electrons. The van der Waals surface area contributed by atoms with E-state index in [0.717, 1.165) is 55.0 Å². The lowest BCUT2D eigenvalue weighted by Crippen LogP contribution is -2.20. The van der Waals surface area contributed by atoms with Crippen molar-refractivity contribution in [3.63, 3.8) is 0 Å². The highest BCUT2D eigenvalue weighted by Gasteiger charge is 2.22. The Labute approximate surface area is 197 Å². The molecule has 0 bridgehead atoms. The van der Waals surface area contributed by atoms with Crippen LogP contribution in [0.5, 0.6) is 0 Å². The van der Waals surface area contributed by atoms with Gasteiger partial charge in [-0.25, -0.2) is 9.97 Å². The minimum Gasteiger partial charge on any atom is -0.381 e. The van der Waals surface area contributed by atoms with E-state index in [4.69, 9.17) is 20.2 Å². The molecule has 0 aliphatic carbocycles. The van der Waals surface area contributed by atoms with Gasteiger partial charge in [-0.1, -0.05) is 0 Å². The molecular weight excluding hydrogens is 434 g/mol. The molecule has 2 aliphatic rings. The van der Waals surface area contributed by atoms with E-state index in [0.29, 0.717) is 18.1 Å². The van der Waals surface area contributed by atoms with Gasteiger partial charge in [-0.3, -0.25) is 4.79 Å². The van der Waals surface area contributed by atoms with Crippen molar-refractivity contribution < 1.29 is 14.3 Å². The zero-order valence-corrected chi connectivity index (χ0v) is 19.2. The van der Waals surface area contributed by atoms with Crippen LogP contribution in [0, 0.1) is 0 Å². The van der Waals surface area contributed by atoms with E-state index < -0.39 is 5.91 Å². The summed E-state index contributed by atoms with van der Waals surface area (Å²) in [6, 6.07) is 6.10. The van der Waals surface area contributed by atoms with Crippen LogP contribution in [-0.2, 0) is 9.47 Å². The van der Waals surface area contributed by atoms with Crippen LogP contribution in [0.15, 0.2) is 36.8 Å². The highest BCUT2D eigenvalue weighted by molar-refractivity contribution is 6.00. The van der Waals surface area contributed by atoms with Crippen LogP contribution in [0.4, 0.5) is 5.82 Å². The number of hydrogen-bond acceptors (Lipinski definition) is 7. The maximum Gasteiger partial charge on any atom is 0.254 e. The number of ether oxygens (including phenoxy) is 2. The molecule has 6 heterocycles. The van der Waals surface area contributed by atoms with Crippen molar-refractivity contribution in [1.82, 2.24) is 24.1 Å². The lowest BCUT2D eigenvalue weighted by atomic mass is 10.1. The largest absolute Gasteiger partial charge is 0.381 e. The van der Waals surface area contributed by atoms with E-state index in [-0.39, 0.29) is 11.6 Å². The average molecular weight is 464 g/mol. The number of fused-ring (bicyclic) bond motifs is 2. The van der Waals surface area contributed by atoms with Crippen molar-refractivity contribution in [1.29, 1.82) is 0 Å². The van der Waals surface area contributed by atoms with Gasteiger partial charge in [0, 0.05) is 56.3 Å². The fraction of sp³-hybridized carbons (Fsp3) is 0.417. The maximum atomic E-state index is 11.8. The molecule has 0 aromatic carbocycles. The van der Waals surface area contributed by atoms with Gasteiger partial charge in [-0.05, 0) is 37.8 Å². The lowest BCUT2D eigenvalue weighted by Gasteiger charge is -2.24. The van der Waals surface area contributed by atoms with Crippen molar-refractivity contribution in [2.45, 2.75) is 31.7 Å². The number of carbonyl (C=O) groups is 1. The van der Waals surface area contributed by atoms with Crippen LogP contribution in [-0.4, -0.2) is 63.5 Å². The van der Waals surface area contributed by atoms with Crippen LogP contribution in [0.25, 0.3) is 27.9 Å². The first-order valence-electron chi connectivity index (χ1n) is 11.6. The van der Waals surface area contributed by atoms with Crippen molar-refractivity contribution in [3.8, 4) is 11.3 Å². The van der Waals surface area contributed by atoms with E-state index in [1.807, 2.05) is 18.2 Å². The molecule has 2 aliphatic heterocycles. The Morgan fingerprint density at radius 2 is 2.00 bits per heavy atom. The van der Waals surface area contributed by atoms with E-state index in [1.54, 1.807) is 17.8 Å². The molecule has 1 unspecified atom stereocenters. The first-order valence-corrected chi connectivity index (χ1v) is 11.6. The Morgan fingerprint density at radius 1 is 1.18 bits per heavy atom. The molecule has 3 N–H and O–H groups in total. The third-order valence-electron chi connectivity index (χ3n) is 6.22. The van der Waals surface area contributed by atoms with Gasteiger partial charge in [-0.2, -0.15) is 9.61 Å². The highest BCUT2D eigenvalue weighted by Crippen LogP contribution is 2.34. The predicted octanol–water partition coefficient (Wildman–Crippen LogP) is 3.03. The lowest BCUT2D eigenvalue weighted by molar-refractivity contribution is 0.0605. The minimum atomic E-state index is -0.560. The fourth-order valence-corrected chi connectivity index (χ4v) is 4.47. The van der Waals surface area contributed by atoms with Crippen molar-refractivity contribution in [2.75, 3.05) is 38.8 Å². The summed E-state index contributed by atoms with van der Waals surface area (Å²) < 4.78 is 14.4. The topological polar surface area (TPSA) is 122 Å². The molecule has 0 spiro atoms. The molecule has 1 amide bonds. The number of anilines is 1. The number of carbonyl (C=O) groups excluding carboxylic acids is 1. The number of hydrogen-bond donors (Lipinski definition) is 2. The molecule has 0 saturated carbocycles. The Balaban J connectivity index is 0.000000429. The van der Waals surface area contributed by atoms with Crippen LogP contribution in [0.2, 0.25) is 0 Å². The summed E-state index contributed by atoms with van der Waals surface area (Å²) in [5.74, 6) is 0.151. The fourth-order valence-electron chi connectivity index (χ4n) is 4.47. The van der Waals surface area contributed by atoms with Gasteiger partial charge in [-0.15, -0.1) is 0 Å². The number of nitrogens with two attached hydrogens (primary N) is 1. The maximum absolute atomic E-state index is 11.8. The highest BCUT2D eigenvalue weighted by atomic mass is 16.5. The summed E-state index contributed by atoms with van der Waals surface area (Å²) in [6.07, 6.45) is 9.94. The number of pyridine rings is 1. The number of nitrogens with one attached hydrogen (secondary N) is 1. The summed E-state index contributed by atoms with van der Waals surface area (Å²) in [7, 11) is 1.80. The molecular formula is C24H29N7O3. The van der Waals surface area contributed by atoms with E-state index >= 15 is 0 Å². The Kier molecular flexibility index (Phi) is 6.41. The zero-order chi connectivity index (χ0) is 23.5. The third kappa shape index (κ3) is 4.22. The van der Waals surface area contributed by atoms with Gasteiger partial charge in [0.1, 0.15) is 17.0 Å². The van der Waals surface area contributed by atoms with Crippen LogP contribution >= 0.6 is 0 Å². The van der Waals surface area contributed by atoms with Gasteiger partial charge in [0.15, 0.2) is 5.65 Å². The van der Waals surface area contributed by atoms with E-state index in [1.165, 1.54) is 19.0 Å². The normalized spacial score (nSPS) is 18.1. The number of primary amides is 1. The van der Waals surface area contributed by atoms with Crippen LogP contribution in [0.3, 0.4) is 0 Å². The number of rotatable bonds is 4. The third-order valence-corrected chi connectivity index (χ3v) is 6.22. The van der Waals surface area contributed by atoms with Crippen molar-refractivity contribution in [2.24, 2.45) is 5.73 Å². The molecule has 10 heteroatoms. The number of aromatic nitrogens is 5. The summed E-state index contributed by atoms with van der Waals surface area (Å²) in [6.45, 7) is 3.47. The summed E-state index contributed by atoms with van der Waals surface area (Å²) >= 11 is 0. The second-order valence-electron chi connectivity index (χ2n) is 8.45. The number of amides is 1. The molecule has 4 aromatic heterocycles. The molecule has 1 atom stereocenters. The molecule has 2 saturated heterocycles. The molecule has 6 rings (SSSR count). The zero-order valence-electron chi connectivity index (χ0n) is 19.2. The summed E-state index contributed by atoms with van der Waals surface area (Å²) in [4.78, 5) is 21.2. The van der Waals surface area contributed by atoms with Crippen molar-refractivity contribution >= 4 is 28.4 Å². The van der Waals surface area contributed by atoms with Crippen LogP contribution in [0.1, 0.15) is 42.1 Å². The molecule has 2 fully saturated rings. The average Bonchev–Trinajstić information content (AvgIpc) is 3.64. The second kappa shape index (κ2) is 9.78. The molecule has 34 heavy (non-hydrogen) atoms. The van der Waals surface area contributed by atoms with Gasteiger partial charge in [0.25, 0.3) is 5.91 Å². The Hall–Kier alpha value is -3.50. The van der Waals surface area contributed by atoms with E-state index in [9.17, 15) is 4.79 Å². The van der Waals surface area contributed by atoms with Crippen molar-refractivity contribution in [3.05, 3.63) is 42.4 Å². The van der Waals surface area contributed by atoms with Gasteiger partial charge in [0.2, 0.25) is 0 Å². The summed E-state index contributed by atoms with van der Waals surface area (Å²) in [5, 5.41) is 8.36. The monoisotopic (exact) mass is 463 g/mol. The Morgan fingerprint density at radius 3 is 2.68 bits per heavy atom. The minimum absolute atomic E-state index is 0.235. The molecule has 0 radical (unpaired) electrons.